The zero-order valence-electron chi connectivity index (χ0n) is 13.9. The lowest BCUT2D eigenvalue weighted by Crippen LogP contribution is -2.27. The Morgan fingerprint density at radius 1 is 1.21 bits per heavy atom. The van der Waals surface area contributed by atoms with Crippen LogP contribution in [0.1, 0.15) is 28.9 Å². The fourth-order valence-electron chi connectivity index (χ4n) is 2.80. The average Bonchev–Trinajstić information content (AvgIpc) is 3.16. The average molecular weight is 326 g/mol. The molecule has 0 atom stereocenters. The third-order valence-electron chi connectivity index (χ3n) is 4.15. The van der Waals surface area contributed by atoms with Crippen LogP contribution in [0.15, 0.2) is 36.4 Å². The number of benzene rings is 1. The minimum absolute atomic E-state index is 0.196. The Labute approximate surface area is 141 Å². The molecule has 1 aliphatic heterocycles. The Bertz CT molecular complexity index is 682. The van der Waals surface area contributed by atoms with Crippen molar-refractivity contribution in [3.05, 3.63) is 47.7 Å². The number of carbonyl (C=O) groups is 1. The van der Waals surface area contributed by atoms with Gasteiger partial charge in [-0.15, -0.1) is 10.2 Å². The van der Waals surface area contributed by atoms with Crippen molar-refractivity contribution in [1.29, 1.82) is 0 Å². The predicted molar refractivity (Wildman–Crippen MR) is 92.5 cm³/mol. The standard InChI is InChI=1S/C18H22N4O2/c1-24-15-6-4-5-14(13-15)9-10-19-18(23)16-7-8-17(21-20-16)22-11-2-3-12-22/h4-8,13H,2-3,9-12H2,1H3,(H,19,23). The number of nitrogens with one attached hydrogen (secondary N) is 1. The molecule has 1 aromatic heterocycles. The summed E-state index contributed by atoms with van der Waals surface area (Å²) in [7, 11) is 1.64. The van der Waals surface area contributed by atoms with Crippen LogP contribution in [-0.4, -0.2) is 42.8 Å². The van der Waals surface area contributed by atoms with E-state index >= 15 is 0 Å². The SMILES string of the molecule is COc1cccc(CCNC(=O)c2ccc(N3CCCC3)nn2)c1. The van der Waals surface area contributed by atoms with Crippen LogP contribution >= 0.6 is 0 Å². The molecule has 1 saturated heterocycles. The van der Waals surface area contributed by atoms with E-state index in [1.165, 1.54) is 12.8 Å². The van der Waals surface area contributed by atoms with Crippen molar-refractivity contribution < 1.29 is 9.53 Å². The number of nitrogens with zero attached hydrogens (tertiary/aromatic N) is 3. The summed E-state index contributed by atoms with van der Waals surface area (Å²) < 4.78 is 5.20. The molecule has 1 fully saturated rings. The van der Waals surface area contributed by atoms with Gasteiger partial charge in [0.1, 0.15) is 5.75 Å². The number of anilines is 1. The predicted octanol–water partition coefficient (Wildman–Crippen LogP) is 2.06. The second-order valence-electron chi connectivity index (χ2n) is 5.83. The van der Waals surface area contributed by atoms with E-state index in [1.807, 2.05) is 30.3 Å². The van der Waals surface area contributed by atoms with Gasteiger partial charge in [0, 0.05) is 19.6 Å². The molecule has 24 heavy (non-hydrogen) atoms. The van der Waals surface area contributed by atoms with E-state index in [9.17, 15) is 4.79 Å². The molecular formula is C18H22N4O2. The quantitative estimate of drug-likeness (QED) is 0.880. The smallest absolute Gasteiger partial charge is 0.271 e. The summed E-state index contributed by atoms with van der Waals surface area (Å²) in [6.45, 7) is 2.57. The van der Waals surface area contributed by atoms with Crippen LogP contribution in [0.4, 0.5) is 5.82 Å². The molecule has 0 aliphatic carbocycles. The minimum Gasteiger partial charge on any atom is -0.497 e. The van der Waals surface area contributed by atoms with Gasteiger partial charge < -0.3 is 15.0 Å². The van der Waals surface area contributed by atoms with Gasteiger partial charge in [-0.3, -0.25) is 4.79 Å². The van der Waals surface area contributed by atoms with E-state index < -0.39 is 0 Å². The van der Waals surface area contributed by atoms with Crippen LogP contribution < -0.4 is 15.0 Å². The number of aromatic nitrogens is 2. The molecule has 6 nitrogen and oxygen atoms in total. The topological polar surface area (TPSA) is 67.3 Å². The second kappa shape index (κ2) is 7.77. The minimum atomic E-state index is -0.196. The second-order valence-corrected chi connectivity index (χ2v) is 5.83. The number of ether oxygens (including phenoxy) is 1. The lowest BCUT2D eigenvalue weighted by atomic mass is 10.1. The molecule has 1 aliphatic rings. The molecule has 0 saturated carbocycles. The van der Waals surface area contributed by atoms with Gasteiger partial charge in [-0.05, 0) is 49.1 Å². The van der Waals surface area contributed by atoms with E-state index in [0.717, 1.165) is 36.6 Å². The Kier molecular flexibility index (Phi) is 5.25. The number of rotatable bonds is 6. The first-order chi connectivity index (χ1) is 11.8. The summed E-state index contributed by atoms with van der Waals surface area (Å²) in [5.74, 6) is 1.47. The molecule has 1 N–H and O–H groups in total. The van der Waals surface area contributed by atoms with Crippen LogP contribution in [0.3, 0.4) is 0 Å². The Hall–Kier alpha value is -2.63. The van der Waals surface area contributed by atoms with Gasteiger partial charge in [0.05, 0.1) is 7.11 Å². The molecule has 6 heteroatoms. The van der Waals surface area contributed by atoms with Gasteiger partial charge in [-0.1, -0.05) is 12.1 Å². The maximum absolute atomic E-state index is 12.1. The van der Waals surface area contributed by atoms with E-state index in [4.69, 9.17) is 4.74 Å². The lowest BCUT2D eigenvalue weighted by molar-refractivity contribution is 0.0948. The van der Waals surface area contributed by atoms with E-state index in [1.54, 1.807) is 13.2 Å². The third kappa shape index (κ3) is 4.01. The van der Waals surface area contributed by atoms with Crippen molar-refractivity contribution in [2.24, 2.45) is 0 Å². The molecule has 2 aromatic rings. The zero-order valence-corrected chi connectivity index (χ0v) is 13.9. The van der Waals surface area contributed by atoms with E-state index in [2.05, 4.69) is 20.4 Å². The van der Waals surface area contributed by atoms with Gasteiger partial charge >= 0.3 is 0 Å². The van der Waals surface area contributed by atoms with Crippen LogP contribution in [-0.2, 0) is 6.42 Å². The highest BCUT2D eigenvalue weighted by Gasteiger charge is 2.15. The Morgan fingerprint density at radius 3 is 2.75 bits per heavy atom. The zero-order chi connectivity index (χ0) is 16.8. The molecule has 1 aromatic carbocycles. The number of hydrogen-bond donors (Lipinski definition) is 1. The van der Waals surface area contributed by atoms with Crippen molar-refractivity contribution >= 4 is 11.7 Å². The van der Waals surface area contributed by atoms with Crippen molar-refractivity contribution in [1.82, 2.24) is 15.5 Å². The number of hydrogen-bond acceptors (Lipinski definition) is 5. The first-order valence-electron chi connectivity index (χ1n) is 8.26. The normalized spacial score (nSPS) is 13.8. The summed E-state index contributed by atoms with van der Waals surface area (Å²) in [6, 6.07) is 11.4. The summed E-state index contributed by atoms with van der Waals surface area (Å²) >= 11 is 0. The van der Waals surface area contributed by atoms with Crippen LogP contribution in [0, 0.1) is 0 Å². The largest absolute Gasteiger partial charge is 0.497 e. The maximum Gasteiger partial charge on any atom is 0.271 e. The molecule has 126 valence electrons. The van der Waals surface area contributed by atoms with Crippen LogP contribution in [0.25, 0.3) is 0 Å². The molecule has 1 amide bonds. The molecule has 0 spiro atoms. The summed E-state index contributed by atoms with van der Waals surface area (Å²) in [5.41, 5.74) is 1.47. The fraction of sp³-hybridized carbons (Fsp3) is 0.389. The molecule has 0 radical (unpaired) electrons. The van der Waals surface area contributed by atoms with Crippen molar-refractivity contribution in [2.45, 2.75) is 19.3 Å². The van der Waals surface area contributed by atoms with Gasteiger partial charge in [-0.25, -0.2) is 0 Å². The van der Waals surface area contributed by atoms with E-state index in [-0.39, 0.29) is 5.91 Å². The molecule has 3 rings (SSSR count). The highest BCUT2D eigenvalue weighted by Crippen LogP contribution is 2.16. The van der Waals surface area contributed by atoms with E-state index in [0.29, 0.717) is 12.2 Å². The highest BCUT2D eigenvalue weighted by molar-refractivity contribution is 5.92. The third-order valence-corrected chi connectivity index (χ3v) is 4.15. The van der Waals surface area contributed by atoms with Crippen molar-refractivity contribution in [2.75, 3.05) is 31.6 Å². The van der Waals surface area contributed by atoms with Crippen molar-refractivity contribution in [3.63, 3.8) is 0 Å². The van der Waals surface area contributed by atoms with Gasteiger partial charge in [-0.2, -0.15) is 0 Å². The maximum atomic E-state index is 12.1. The summed E-state index contributed by atoms with van der Waals surface area (Å²) in [5, 5.41) is 11.1. The van der Waals surface area contributed by atoms with Gasteiger partial charge in [0.2, 0.25) is 0 Å². The lowest BCUT2D eigenvalue weighted by Gasteiger charge is -2.15. The molecule has 0 bridgehead atoms. The first-order valence-corrected chi connectivity index (χ1v) is 8.26. The Morgan fingerprint density at radius 2 is 2.04 bits per heavy atom. The molecule has 0 unspecified atom stereocenters. The van der Waals surface area contributed by atoms with Crippen LogP contribution in [0.5, 0.6) is 5.75 Å². The molecule has 2 heterocycles. The number of carbonyl (C=O) groups excluding carboxylic acids is 1. The molecular weight excluding hydrogens is 304 g/mol. The summed E-state index contributed by atoms with van der Waals surface area (Å²) in [4.78, 5) is 14.3. The Balaban J connectivity index is 1.51. The monoisotopic (exact) mass is 326 g/mol. The van der Waals surface area contributed by atoms with Crippen molar-refractivity contribution in [3.8, 4) is 5.75 Å². The van der Waals surface area contributed by atoms with Crippen LogP contribution in [0.2, 0.25) is 0 Å². The number of amides is 1. The highest BCUT2D eigenvalue weighted by atomic mass is 16.5. The first kappa shape index (κ1) is 16.2. The number of methoxy groups -OCH3 is 1. The van der Waals surface area contributed by atoms with Gasteiger partial charge in [0.25, 0.3) is 5.91 Å². The summed E-state index contributed by atoms with van der Waals surface area (Å²) in [6.07, 6.45) is 3.12. The fourth-order valence-corrected chi connectivity index (χ4v) is 2.80. The van der Waals surface area contributed by atoms with Gasteiger partial charge in [0.15, 0.2) is 11.5 Å².